The van der Waals surface area contributed by atoms with Crippen LogP contribution in [0.1, 0.15) is 52.6 Å². The molecule has 2 aliphatic heterocycles. The van der Waals surface area contributed by atoms with Crippen LogP contribution in [-0.4, -0.2) is 61.3 Å². The van der Waals surface area contributed by atoms with Gasteiger partial charge in [0.25, 0.3) is 0 Å². The number of aromatic nitrogens is 4. The molecule has 0 radical (unpaired) electrons. The van der Waals surface area contributed by atoms with Crippen molar-refractivity contribution in [2.24, 2.45) is 0 Å². The summed E-state index contributed by atoms with van der Waals surface area (Å²) in [7, 11) is 0. The maximum absolute atomic E-state index is 14.1. The summed E-state index contributed by atoms with van der Waals surface area (Å²) in [4.78, 5) is 27.7. The Morgan fingerprint density at radius 3 is 2.70 bits per heavy atom. The van der Waals surface area contributed by atoms with Crippen molar-refractivity contribution in [3.05, 3.63) is 82.1 Å². The molecular weight excluding hydrogens is 537 g/mol. The minimum absolute atomic E-state index is 0.0770. The lowest BCUT2D eigenvalue weighted by Crippen LogP contribution is -2.35. The number of carboxylic acid groups (broad SMARTS) is 1. The average Bonchev–Trinajstić information content (AvgIpc) is 3.26. The van der Waals surface area contributed by atoms with Crippen molar-refractivity contribution in [3.8, 4) is 5.88 Å². The van der Waals surface area contributed by atoms with Crippen molar-refractivity contribution < 1.29 is 23.8 Å². The molecule has 208 valence electrons. The Labute approximate surface area is 235 Å². The van der Waals surface area contributed by atoms with E-state index in [4.69, 9.17) is 31.0 Å². The fourth-order valence-corrected chi connectivity index (χ4v) is 5.39. The van der Waals surface area contributed by atoms with Gasteiger partial charge < -0.3 is 19.1 Å². The summed E-state index contributed by atoms with van der Waals surface area (Å²) in [6, 6.07) is 11.8. The van der Waals surface area contributed by atoms with Crippen molar-refractivity contribution in [2.45, 2.75) is 51.0 Å². The maximum atomic E-state index is 14.1. The van der Waals surface area contributed by atoms with Gasteiger partial charge in [0.1, 0.15) is 23.8 Å². The van der Waals surface area contributed by atoms with E-state index in [2.05, 4.69) is 14.5 Å². The molecule has 9 nitrogen and oxygen atoms in total. The number of hydrogen-bond acceptors (Lipinski definition) is 7. The first kappa shape index (κ1) is 26.6. The molecule has 1 aromatic carbocycles. The number of nitrogens with zero attached hydrogens (tertiary/aromatic N) is 5. The van der Waals surface area contributed by atoms with Gasteiger partial charge >= 0.3 is 5.97 Å². The summed E-state index contributed by atoms with van der Waals surface area (Å²) in [5.41, 5.74) is 2.79. The number of fused-ring (bicyclic) bond motifs is 1. The third-order valence-corrected chi connectivity index (χ3v) is 7.83. The molecule has 0 bridgehead atoms. The van der Waals surface area contributed by atoms with Crippen LogP contribution in [0.15, 0.2) is 48.7 Å². The molecule has 0 amide bonds. The minimum Gasteiger partial charge on any atom is -0.478 e. The van der Waals surface area contributed by atoms with Crippen molar-refractivity contribution in [3.63, 3.8) is 0 Å². The summed E-state index contributed by atoms with van der Waals surface area (Å²) in [5.74, 6) is 0.198. The van der Waals surface area contributed by atoms with E-state index in [0.29, 0.717) is 40.7 Å². The average molecular weight is 566 g/mol. The van der Waals surface area contributed by atoms with Gasteiger partial charge in [-0.15, -0.1) is 0 Å². The minimum atomic E-state index is -1.02. The molecule has 0 spiro atoms. The summed E-state index contributed by atoms with van der Waals surface area (Å²) < 4.78 is 27.6. The van der Waals surface area contributed by atoms with Crippen LogP contribution in [0.5, 0.6) is 5.88 Å². The highest BCUT2D eigenvalue weighted by Gasteiger charge is 2.26. The number of hydrogen-bond donors (Lipinski definition) is 1. The van der Waals surface area contributed by atoms with Crippen LogP contribution in [0.25, 0.3) is 11.2 Å². The number of imidazole rings is 1. The second kappa shape index (κ2) is 11.5. The van der Waals surface area contributed by atoms with Gasteiger partial charge in [0.2, 0.25) is 5.88 Å². The number of carboxylic acids is 1. The Morgan fingerprint density at radius 1 is 1.15 bits per heavy atom. The predicted molar refractivity (Wildman–Crippen MR) is 146 cm³/mol. The molecule has 40 heavy (non-hydrogen) atoms. The van der Waals surface area contributed by atoms with Gasteiger partial charge in [-0.1, -0.05) is 23.7 Å². The van der Waals surface area contributed by atoms with E-state index in [-0.39, 0.29) is 24.2 Å². The molecule has 0 aliphatic carbocycles. The molecule has 6 rings (SSSR count). The summed E-state index contributed by atoms with van der Waals surface area (Å²) >= 11 is 5.84. The molecule has 2 saturated heterocycles. The van der Waals surface area contributed by atoms with E-state index in [1.807, 2.05) is 12.1 Å². The topological polar surface area (TPSA) is 103 Å². The van der Waals surface area contributed by atoms with Gasteiger partial charge in [0, 0.05) is 41.1 Å². The monoisotopic (exact) mass is 565 g/mol. The fraction of sp³-hybridized carbons (Fsp3) is 0.379. The molecule has 5 heterocycles. The molecule has 1 N–H and O–H groups in total. The van der Waals surface area contributed by atoms with E-state index in [9.17, 15) is 14.3 Å². The number of ether oxygens (including phenoxy) is 2. The predicted octanol–water partition coefficient (Wildman–Crippen LogP) is 5.06. The SMILES string of the molecule is O=C(O)c1cnc2c(c1)nc(CN1CCC(c3cccc(OCc4ccc(Cl)cc4F)n3)CC1)n2CC1CCO1. The number of likely N-dealkylation sites (tertiary alicyclic amines) is 1. The van der Waals surface area contributed by atoms with E-state index in [1.165, 1.54) is 12.3 Å². The van der Waals surface area contributed by atoms with Crippen LogP contribution in [0, 0.1) is 5.82 Å². The van der Waals surface area contributed by atoms with Crippen LogP contribution >= 0.6 is 11.6 Å². The standard InChI is InChI=1S/C29H29ClFN5O4/c30-21-5-4-19(23(31)13-21)17-40-27-3-1-2-24(34-27)18-6-9-35(10-7-18)16-26-33-25-12-20(29(37)38)14-32-28(25)36(26)15-22-8-11-39-22/h1-5,12-14,18,22H,6-11,15-17H2,(H,37,38). The molecule has 2 aliphatic rings. The highest BCUT2D eigenvalue weighted by molar-refractivity contribution is 6.30. The number of aromatic carboxylic acids is 1. The number of carbonyl (C=O) groups is 1. The zero-order chi connectivity index (χ0) is 27.6. The summed E-state index contributed by atoms with van der Waals surface area (Å²) in [5, 5.41) is 9.73. The highest BCUT2D eigenvalue weighted by Crippen LogP contribution is 2.30. The highest BCUT2D eigenvalue weighted by atomic mass is 35.5. The van der Waals surface area contributed by atoms with Gasteiger partial charge in [0.15, 0.2) is 5.65 Å². The largest absolute Gasteiger partial charge is 0.478 e. The molecule has 1 unspecified atom stereocenters. The number of benzene rings is 1. The molecule has 2 fully saturated rings. The third kappa shape index (κ3) is 5.79. The van der Waals surface area contributed by atoms with E-state index >= 15 is 0 Å². The molecule has 4 aromatic rings. The molecule has 0 saturated carbocycles. The van der Waals surface area contributed by atoms with E-state index in [0.717, 1.165) is 50.5 Å². The maximum Gasteiger partial charge on any atom is 0.337 e. The van der Waals surface area contributed by atoms with Gasteiger partial charge in [-0.2, -0.15) is 0 Å². The molecular formula is C29H29ClFN5O4. The molecule has 1 atom stereocenters. The van der Waals surface area contributed by atoms with Crippen LogP contribution in [0.3, 0.4) is 0 Å². The lowest BCUT2D eigenvalue weighted by atomic mass is 9.93. The van der Waals surface area contributed by atoms with Crippen LogP contribution in [0.2, 0.25) is 5.02 Å². The number of rotatable bonds is 9. The summed E-state index contributed by atoms with van der Waals surface area (Å²) in [6.07, 6.45) is 4.35. The quantitative estimate of drug-likeness (QED) is 0.300. The molecule has 3 aromatic heterocycles. The van der Waals surface area contributed by atoms with E-state index in [1.54, 1.807) is 24.3 Å². The zero-order valence-electron chi connectivity index (χ0n) is 21.8. The van der Waals surface area contributed by atoms with Crippen molar-refractivity contribution >= 4 is 28.7 Å². The molecule has 11 heteroatoms. The Hall–Kier alpha value is -3.60. The fourth-order valence-electron chi connectivity index (χ4n) is 5.24. The van der Waals surface area contributed by atoms with E-state index < -0.39 is 11.8 Å². The van der Waals surface area contributed by atoms with Crippen LogP contribution < -0.4 is 4.74 Å². The van der Waals surface area contributed by atoms with Gasteiger partial charge in [-0.05, 0) is 56.6 Å². The Morgan fingerprint density at radius 2 is 1.98 bits per heavy atom. The summed E-state index contributed by atoms with van der Waals surface area (Å²) in [6.45, 7) is 3.86. The normalized spacial score (nSPS) is 18.1. The number of pyridine rings is 2. The lowest BCUT2D eigenvalue weighted by Gasteiger charge is -2.32. The number of piperidine rings is 1. The first-order valence-corrected chi connectivity index (χ1v) is 13.8. The van der Waals surface area contributed by atoms with Crippen molar-refractivity contribution in [1.29, 1.82) is 0 Å². The van der Waals surface area contributed by atoms with Crippen LogP contribution in [0.4, 0.5) is 4.39 Å². The van der Waals surface area contributed by atoms with Crippen LogP contribution in [-0.2, 0) is 24.4 Å². The van der Waals surface area contributed by atoms with Crippen molar-refractivity contribution in [2.75, 3.05) is 19.7 Å². The lowest BCUT2D eigenvalue weighted by molar-refractivity contribution is -0.0593. The smallest absolute Gasteiger partial charge is 0.337 e. The Bertz CT molecular complexity index is 1530. The zero-order valence-corrected chi connectivity index (χ0v) is 22.6. The Balaban J connectivity index is 1.11. The first-order chi connectivity index (χ1) is 19.4. The van der Waals surface area contributed by atoms with Gasteiger partial charge in [0.05, 0.1) is 24.8 Å². The van der Waals surface area contributed by atoms with Gasteiger partial charge in [-0.3, -0.25) is 4.90 Å². The van der Waals surface area contributed by atoms with Crippen molar-refractivity contribution in [1.82, 2.24) is 24.4 Å². The van der Waals surface area contributed by atoms with Gasteiger partial charge in [-0.25, -0.2) is 24.1 Å². The third-order valence-electron chi connectivity index (χ3n) is 7.60. The second-order valence-electron chi connectivity index (χ2n) is 10.3. The number of halogens is 2. The second-order valence-corrected chi connectivity index (χ2v) is 10.7. The Kier molecular flexibility index (Phi) is 7.64. The first-order valence-electron chi connectivity index (χ1n) is 13.4.